The average Bonchev–Trinajstić information content (AvgIpc) is 2.92. The van der Waals surface area contributed by atoms with Crippen LogP contribution < -0.4 is 10.6 Å². The second-order valence-corrected chi connectivity index (χ2v) is 4.10. The molecule has 0 radical (unpaired) electrons. The molecule has 0 saturated carbocycles. The topological polar surface area (TPSA) is 50.4 Å². The standard InChI is InChI=1S/C11H9F5N2O2/c12-5-6(13)8(15)10(9(16)7(5)14)18-11(19)17-4-1-2-20-3-4/h4H,1-3H2,(H2,17,18,19). The van der Waals surface area contributed by atoms with Gasteiger partial charge in [0, 0.05) is 6.61 Å². The zero-order valence-electron chi connectivity index (χ0n) is 9.90. The first-order chi connectivity index (χ1) is 9.41. The number of urea groups is 1. The van der Waals surface area contributed by atoms with Gasteiger partial charge in [0.1, 0.15) is 5.69 Å². The Hall–Kier alpha value is -1.90. The molecule has 2 N–H and O–H groups in total. The van der Waals surface area contributed by atoms with Gasteiger partial charge in [0.05, 0.1) is 12.6 Å². The zero-order chi connectivity index (χ0) is 14.9. The van der Waals surface area contributed by atoms with Gasteiger partial charge in [-0.3, -0.25) is 0 Å². The van der Waals surface area contributed by atoms with Crippen molar-refractivity contribution < 1.29 is 31.5 Å². The SMILES string of the molecule is O=C(Nc1c(F)c(F)c(F)c(F)c1F)NC1CCOC1. The predicted molar refractivity (Wildman–Crippen MR) is 57.6 cm³/mol. The summed E-state index contributed by atoms with van der Waals surface area (Å²) < 4.78 is 70.1. The number of benzene rings is 1. The van der Waals surface area contributed by atoms with Crippen molar-refractivity contribution >= 4 is 11.7 Å². The summed E-state index contributed by atoms with van der Waals surface area (Å²) in [4.78, 5) is 11.4. The van der Waals surface area contributed by atoms with Gasteiger partial charge < -0.3 is 15.4 Å². The minimum Gasteiger partial charge on any atom is -0.379 e. The molecule has 0 bridgehead atoms. The minimum absolute atomic E-state index is 0.213. The van der Waals surface area contributed by atoms with E-state index in [1.165, 1.54) is 0 Å². The molecule has 1 aromatic carbocycles. The highest BCUT2D eigenvalue weighted by Gasteiger charge is 2.27. The fourth-order valence-corrected chi connectivity index (χ4v) is 1.70. The van der Waals surface area contributed by atoms with Gasteiger partial charge in [-0.25, -0.2) is 26.7 Å². The number of ether oxygens (including phenoxy) is 1. The lowest BCUT2D eigenvalue weighted by molar-refractivity contribution is 0.189. The van der Waals surface area contributed by atoms with E-state index >= 15 is 0 Å². The normalized spacial score (nSPS) is 18.1. The number of hydrogen-bond acceptors (Lipinski definition) is 2. The highest BCUT2D eigenvalue weighted by atomic mass is 19.2. The number of carbonyl (C=O) groups excluding carboxylic acids is 1. The molecule has 0 aliphatic carbocycles. The van der Waals surface area contributed by atoms with Crippen LogP contribution >= 0.6 is 0 Å². The fraction of sp³-hybridized carbons (Fsp3) is 0.364. The quantitative estimate of drug-likeness (QED) is 0.500. The number of hydrogen-bond donors (Lipinski definition) is 2. The molecule has 9 heteroatoms. The molecule has 2 rings (SSSR count). The predicted octanol–water partition coefficient (Wildman–Crippen LogP) is 2.29. The van der Waals surface area contributed by atoms with E-state index in [2.05, 4.69) is 5.32 Å². The summed E-state index contributed by atoms with van der Waals surface area (Å²) in [6.07, 6.45) is 0.491. The number of halogens is 5. The Bertz CT molecular complexity index is 517. The molecule has 1 heterocycles. The molecule has 0 aromatic heterocycles. The fourth-order valence-electron chi connectivity index (χ4n) is 1.70. The summed E-state index contributed by atoms with van der Waals surface area (Å²) >= 11 is 0. The molecule has 1 unspecified atom stereocenters. The van der Waals surface area contributed by atoms with Gasteiger partial charge in [-0.1, -0.05) is 0 Å². The van der Waals surface area contributed by atoms with E-state index < -0.39 is 40.8 Å². The Morgan fingerprint density at radius 1 is 1.00 bits per heavy atom. The maximum absolute atomic E-state index is 13.3. The van der Waals surface area contributed by atoms with Crippen LogP contribution in [0.5, 0.6) is 0 Å². The molecule has 1 saturated heterocycles. The Morgan fingerprint density at radius 3 is 2.05 bits per heavy atom. The molecule has 0 spiro atoms. The van der Waals surface area contributed by atoms with Crippen molar-refractivity contribution in [3.63, 3.8) is 0 Å². The van der Waals surface area contributed by atoms with Gasteiger partial charge in [0.2, 0.25) is 5.82 Å². The molecule has 20 heavy (non-hydrogen) atoms. The molecular formula is C11H9F5N2O2. The van der Waals surface area contributed by atoms with Crippen LogP contribution in [0.15, 0.2) is 0 Å². The van der Waals surface area contributed by atoms with Crippen LogP contribution in [0.25, 0.3) is 0 Å². The van der Waals surface area contributed by atoms with Crippen LogP contribution in [0.3, 0.4) is 0 Å². The summed E-state index contributed by atoms with van der Waals surface area (Å²) in [5, 5.41) is 3.90. The first kappa shape index (κ1) is 14.5. The summed E-state index contributed by atoms with van der Waals surface area (Å²) in [7, 11) is 0. The van der Waals surface area contributed by atoms with Crippen LogP contribution in [-0.4, -0.2) is 25.3 Å². The maximum Gasteiger partial charge on any atom is 0.319 e. The number of nitrogens with one attached hydrogen (secondary N) is 2. The minimum atomic E-state index is -2.28. The van der Waals surface area contributed by atoms with Crippen molar-refractivity contribution in [3.8, 4) is 0 Å². The van der Waals surface area contributed by atoms with Crippen molar-refractivity contribution in [2.75, 3.05) is 18.5 Å². The van der Waals surface area contributed by atoms with Crippen molar-refractivity contribution in [1.29, 1.82) is 0 Å². The molecule has 1 atom stereocenters. The van der Waals surface area contributed by atoms with Gasteiger partial charge in [-0.05, 0) is 6.42 Å². The number of carbonyl (C=O) groups is 1. The van der Waals surface area contributed by atoms with Crippen LogP contribution in [0.1, 0.15) is 6.42 Å². The van der Waals surface area contributed by atoms with Crippen molar-refractivity contribution in [3.05, 3.63) is 29.1 Å². The summed E-state index contributed by atoms with van der Waals surface area (Å²) in [5.41, 5.74) is -1.39. The molecule has 4 nitrogen and oxygen atoms in total. The first-order valence-corrected chi connectivity index (χ1v) is 5.58. The third kappa shape index (κ3) is 2.67. The van der Waals surface area contributed by atoms with E-state index in [1.54, 1.807) is 5.32 Å². The third-order valence-electron chi connectivity index (χ3n) is 2.71. The lowest BCUT2D eigenvalue weighted by atomic mass is 10.2. The smallest absolute Gasteiger partial charge is 0.319 e. The van der Waals surface area contributed by atoms with Crippen LogP contribution in [0, 0.1) is 29.1 Å². The Kier molecular flexibility index (Phi) is 4.07. The Labute approximate surface area is 109 Å². The van der Waals surface area contributed by atoms with E-state index in [0.29, 0.717) is 13.0 Å². The molecule has 1 fully saturated rings. The van der Waals surface area contributed by atoms with Gasteiger partial charge in [-0.15, -0.1) is 0 Å². The molecule has 2 amide bonds. The number of rotatable bonds is 2. The monoisotopic (exact) mass is 296 g/mol. The highest BCUT2D eigenvalue weighted by Crippen LogP contribution is 2.27. The molecule has 110 valence electrons. The second kappa shape index (κ2) is 5.61. The molecule has 1 aliphatic heterocycles. The van der Waals surface area contributed by atoms with E-state index in [9.17, 15) is 26.7 Å². The summed E-state index contributed by atoms with van der Waals surface area (Å²) in [6.45, 7) is 0.623. The van der Waals surface area contributed by atoms with Crippen molar-refractivity contribution in [1.82, 2.24) is 5.32 Å². The van der Waals surface area contributed by atoms with Crippen LogP contribution in [0.2, 0.25) is 0 Å². The van der Waals surface area contributed by atoms with Crippen LogP contribution in [-0.2, 0) is 4.74 Å². The number of anilines is 1. The summed E-state index contributed by atoms with van der Waals surface area (Å²) in [6, 6.07) is -1.46. The Morgan fingerprint density at radius 2 is 1.55 bits per heavy atom. The maximum atomic E-state index is 13.3. The zero-order valence-corrected chi connectivity index (χ0v) is 9.90. The van der Waals surface area contributed by atoms with E-state index in [1.807, 2.05) is 0 Å². The molecule has 1 aliphatic rings. The van der Waals surface area contributed by atoms with Crippen molar-refractivity contribution in [2.24, 2.45) is 0 Å². The van der Waals surface area contributed by atoms with E-state index in [0.717, 1.165) is 0 Å². The van der Waals surface area contributed by atoms with Gasteiger partial charge in [0.25, 0.3) is 0 Å². The first-order valence-electron chi connectivity index (χ1n) is 5.58. The van der Waals surface area contributed by atoms with Crippen LogP contribution in [0.4, 0.5) is 32.4 Å². The Balaban J connectivity index is 2.18. The van der Waals surface area contributed by atoms with Crippen molar-refractivity contribution in [2.45, 2.75) is 12.5 Å². The second-order valence-electron chi connectivity index (χ2n) is 4.10. The highest BCUT2D eigenvalue weighted by molar-refractivity contribution is 5.89. The van der Waals surface area contributed by atoms with Gasteiger partial charge in [0.15, 0.2) is 23.3 Å². The van der Waals surface area contributed by atoms with E-state index in [4.69, 9.17) is 4.74 Å². The van der Waals surface area contributed by atoms with E-state index in [-0.39, 0.29) is 12.6 Å². The molecule has 1 aromatic rings. The number of amides is 2. The van der Waals surface area contributed by atoms with Gasteiger partial charge >= 0.3 is 6.03 Å². The lowest BCUT2D eigenvalue weighted by Gasteiger charge is -2.13. The molecular weight excluding hydrogens is 287 g/mol. The lowest BCUT2D eigenvalue weighted by Crippen LogP contribution is -2.38. The average molecular weight is 296 g/mol. The van der Waals surface area contributed by atoms with Gasteiger partial charge in [-0.2, -0.15) is 0 Å². The summed E-state index contributed by atoms with van der Waals surface area (Å²) in [5.74, 6) is -10.7. The third-order valence-corrected chi connectivity index (χ3v) is 2.71. The largest absolute Gasteiger partial charge is 0.379 e.